The molecule has 4 nitrogen and oxygen atoms in total. The van der Waals surface area contributed by atoms with Gasteiger partial charge in [-0.1, -0.05) is 27.5 Å². The van der Waals surface area contributed by atoms with Gasteiger partial charge < -0.3 is 5.32 Å². The molecule has 1 aliphatic rings. The Bertz CT molecular complexity index is 565. The molecule has 1 aliphatic heterocycles. The summed E-state index contributed by atoms with van der Waals surface area (Å²) < 4.78 is 28.1. The van der Waals surface area contributed by atoms with Crippen LogP contribution >= 0.6 is 27.5 Å². The number of nitrogens with one attached hydrogen (secondary N) is 2. The Morgan fingerprint density at radius 2 is 2.21 bits per heavy atom. The van der Waals surface area contributed by atoms with Gasteiger partial charge in [-0.25, -0.2) is 13.1 Å². The molecule has 0 aromatic heterocycles. The minimum Gasteiger partial charge on any atom is -0.314 e. The van der Waals surface area contributed by atoms with Crippen LogP contribution in [0.5, 0.6) is 0 Å². The van der Waals surface area contributed by atoms with E-state index in [1.54, 1.807) is 12.1 Å². The van der Waals surface area contributed by atoms with Gasteiger partial charge in [-0.15, -0.1) is 0 Å². The molecule has 7 heteroatoms. The maximum absolute atomic E-state index is 12.3. The van der Waals surface area contributed by atoms with Gasteiger partial charge in [0.25, 0.3) is 0 Å². The van der Waals surface area contributed by atoms with E-state index in [0.29, 0.717) is 10.5 Å². The number of benzene rings is 1. The first-order valence-electron chi connectivity index (χ1n) is 6.09. The zero-order valence-corrected chi connectivity index (χ0v) is 13.6. The van der Waals surface area contributed by atoms with E-state index in [0.717, 1.165) is 19.4 Å². The number of halogens is 2. The van der Waals surface area contributed by atoms with Crippen LogP contribution in [0.4, 0.5) is 0 Å². The van der Waals surface area contributed by atoms with Gasteiger partial charge in [-0.2, -0.15) is 0 Å². The number of hydrogen-bond acceptors (Lipinski definition) is 3. The second kappa shape index (κ2) is 6.10. The molecule has 1 aromatic rings. The minimum absolute atomic E-state index is 0.0451. The second-order valence-corrected chi connectivity index (χ2v) is 7.78. The fourth-order valence-electron chi connectivity index (χ4n) is 2.20. The minimum atomic E-state index is -3.58. The van der Waals surface area contributed by atoms with Crippen LogP contribution in [0.25, 0.3) is 0 Å². The van der Waals surface area contributed by atoms with Crippen LogP contribution in [0.3, 0.4) is 0 Å². The smallest absolute Gasteiger partial charge is 0.242 e. The molecule has 2 atom stereocenters. The highest BCUT2D eigenvalue weighted by Crippen LogP contribution is 2.26. The number of sulfonamides is 1. The van der Waals surface area contributed by atoms with Crippen molar-refractivity contribution in [3.63, 3.8) is 0 Å². The van der Waals surface area contributed by atoms with Gasteiger partial charge in [0.2, 0.25) is 10.0 Å². The van der Waals surface area contributed by atoms with Crippen LogP contribution in [-0.4, -0.2) is 27.0 Å². The lowest BCUT2D eigenvalue weighted by Crippen LogP contribution is -2.46. The zero-order chi connectivity index (χ0) is 14.0. The summed E-state index contributed by atoms with van der Waals surface area (Å²) in [5.74, 6) is 0. The summed E-state index contributed by atoms with van der Waals surface area (Å²) in [7, 11) is -3.58. The van der Waals surface area contributed by atoms with E-state index >= 15 is 0 Å². The summed E-state index contributed by atoms with van der Waals surface area (Å²) >= 11 is 9.24. The van der Waals surface area contributed by atoms with Crippen LogP contribution in [0, 0.1) is 0 Å². The van der Waals surface area contributed by atoms with Gasteiger partial charge >= 0.3 is 0 Å². The molecular formula is C12H16BrClN2O2S. The van der Waals surface area contributed by atoms with Crippen molar-refractivity contribution in [1.82, 2.24) is 10.0 Å². The number of hydrogen-bond donors (Lipinski definition) is 2. The summed E-state index contributed by atoms with van der Waals surface area (Å²) in [6, 6.07) is 5.09. The third-order valence-corrected chi connectivity index (χ3v) is 5.62. The average molecular weight is 368 g/mol. The molecule has 19 heavy (non-hydrogen) atoms. The molecule has 0 saturated carbocycles. The van der Waals surface area contributed by atoms with E-state index in [-0.39, 0.29) is 16.0 Å². The average Bonchev–Trinajstić information content (AvgIpc) is 2.31. The SMILES string of the molecule is CC1CC(NS(=O)(=O)c2cc(Br)ccc2Cl)CCN1. The fourth-order valence-corrected chi connectivity index (χ4v) is 4.53. The highest BCUT2D eigenvalue weighted by atomic mass is 79.9. The summed E-state index contributed by atoms with van der Waals surface area (Å²) in [6.45, 7) is 2.87. The summed E-state index contributed by atoms with van der Waals surface area (Å²) in [5.41, 5.74) is 0. The molecule has 1 fully saturated rings. The molecule has 1 saturated heterocycles. The Morgan fingerprint density at radius 3 is 2.89 bits per heavy atom. The van der Waals surface area contributed by atoms with E-state index in [1.165, 1.54) is 6.07 Å². The van der Waals surface area contributed by atoms with Gasteiger partial charge in [-0.3, -0.25) is 0 Å². The van der Waals surface area contributed by atoms with E-state index in [1.807, 2.05) is 6.92 Å². The quantitative estimate of drug-likeness (QED) is 0.863. The second-order valence-electron chi connectivity index (χ2n) is 4.77. The molecule has 0 spiro atoms. The van der Waals surface area contributed by atoms with E-state index < -0.39 is 10.0 Å². The molecule has 1 aromatic carbocycles. The van der Waals surface area contributed by atoms with Crippen LogP contribution in [-0.2, 0) is 10.0 Å². The van der Waals surface area contributed by atoms with Crippen LogP contribution in [0.2, 0.25) is 5.02 Å². The molecule has 0 bridgehead atoms. The molecular weight excluding hydrogens is 352 g/mol. The zero-order valence-electron chi connectivity index (χ0n) is 10.5. The van der Waals surface area contributed by atoms with Gasteiger partial charge in [-0.05, 0) is 44.5 Å². The Hall–Kier alpha value is -0.140. The highest BCUT2D eigenvalue weighted by molar-refractivity contribution is 9.10. The lowest BCUT2D eigenvalue weighted by Gasteiger charge is -2.28. The van der Waals surface area contributed by atoms with Gasteiger partial charge in [0, 0.05) is 16.6 Å². The first-order chi connectivity index (χ1) is 8.88. The Morgan fingerprint density at radius 1 is 1.47 bits per heavy atom. The van der Waals surface area contributed by atoms with Crippen molar-refractivity contribution in [2.45, 2.75) is 36.7 Å². The monoisotopic (exact) mass is 366 g/mol. The van der Waals surface area contributed by atoms with Crippen molar-refractivity contribution in [3.05, 3.63) is 27.7 Å². The first-order valence-corrected chi connectivity index (χ1v) is 8.74. The van der Waals surface area contributed by atoms with Gasteiger partial charge in [0.1, 0.15) is 4.90 Å². The molecule has 0 aliphatic carbocycles. The van der Waals surface area contributed by atoms with Crippen molar-refractivity contribution in [3.8, 4) is 0 Å². The van der Waals surface area contributed by atoms with Gasteiger partial charge in [0.15, 0.2) is 0 Å². The molecule has 1 heterocycles. The maximum Gasteiger partial charge on any atom is 0.242 e. The van der Waals surface area contributed by atoms with Crippen molar-refractivity contribution in [1.29, 1.82) is 0 Å². The normalized spacial score (nSPS) is 24.4. The van der Waals surface area contributed by atoms with Crippen molar-refractivity contribution in [2.24, 2.45) is 0 Å². The predicted molar refractivity (Wildman–Crippen MR) is 80.0 cm³/mol. The van der Waals surface area contributed by atoms with Crippen molar-refractivity contribution >= 4 is 37.6 Å². The maximum atomic E-state index is 12.3. The predicted octanol–water partition coefficient (Wildman–Crippen LogP) is 2.52. The lowest BCUT2D eigenvalue weighted by molar-refractivity contribution is 0.361. The third kappa shape index (κ3) is 3.92. The lowest BCUT2D eigenvalue weighted by atomic mass is 10.0. The van der Waals surface area contributed by atoms with Crippen LogP contribution in [0.15, 0.2) is 27.6 Å². The van der Waals surface area contributed by atoms with E-state index in [9.17, 15) is 8.42 Å². The van der Waals surface area contributed by atoms with Crippen LogP contribution < -0.4 is 10.0 Å². The summed E-state index contributed by atoms with van der Waals surface area (Å²) in [6.07, 6.45) is 1.57. The molecule has 2 N–H and O–H groups in total. The first kappa shape index (κ1) is 15.3. The van der Waals surface area contributed by atoms with Crippen molar-refractivity contribution in [2.75, 3.05) is 6.54 Å². The Kier molecular flexibility index (Phi) is 4.89. The van der Waals surface area contributed by atoms with Crippen molar-refractivity contribution < 1.29 is 8.42 Å². The molecule has 2 rings (SSSR count). The van der Waals surface area contributed by atoms with Crippen LogP contribution in [0.1, 0.15) is 19.8 Å². The number of piperidine rings is 1. The summed E-state index contributed by atoms with van der Waals surface area (Å²) in [5, 5.41) is 3.52. The standard InChI is InChI=1S/C12H16BrClN2O2S/c1-8-6-10(4-5-15-8)16-19(17,18)12-7-9(13)2-3-11(12)14/h2-3,7-8,10,15-16H,4-6H2,1H3. The molecule has 0 amide bonds. The van der Waals surface area contributed by atoms with Gasteiger partial charge in [0.05, 0.1) is 5.02 Å². The largest absolute Gasteiger partial charge is 0.314 e. The van der Waals surface area contributed by atoms with E-state index in [4.69, 9.17) is 11.6 Å². The highest BCUT2D eigenvalue weighted by Gasteiger charge is 2.25. The molecule has 0 radical (unpaired) electrons. The molecule has 106 valence electrons. The Labute approximate surface area is 127 Å². The topological polar surface area (TPSA) is 58.2 Å². The Balaban J connectivity index is 2.20. The summed E-state index contributed by atoms with van der Waals surface area (Å²) in [4.78, 5) is 0.120. The third-order valence-electron chi connectivity index (χ3n) is 3.13. The number of rotatable bonds is 3. The van der Waals surface area contributed by atoms with E-state index in [2.05, 4.69) is 26.0 Å². The fraction of sp³-hybridized carbons (Fsp3) is 0.500. The molecule has 2 unspecified atom stereocenters.